The van der Waals surface area contributed by atoms with E-state index in [1.54, 1.807) is 0 Å². The molecular formula is C11H14F3NO5. The highest BCUT2D eigenvalue weighted by Gasteiger charge is 2.36. The minimum atomic E-state index is -4.96. The SMILES string of the molecule is CCOC(=O)C=C(NC(=O)CC(=O)OCC)C(F)(F)F. The number of nitrogens with one attached hydrogen (secondary N) is 1. The Bertz CT molecular complexity index is 403. The fraction of sp³-hybridized carbons (Fsp3) is 0.545. The first kappa shape index (κ1) is 17.9. The third-order valence-corrected chi connectivity index (χ3v) is 1.74. The first-order valence-electron chi connectivity index (χ1n) is 5.61. The van der Waals surface area contributed by atoms with E-state index in [1.165, 1.54) is 19.2 Å². The van der Waals surface area contributed by atoms with Crippen LogP contribution in [0.4, 0.5) is 13.2 Å². The highest BCUT2D eigenvalue weighted by molar-refractivity contribution is 5.95. The second-order valence-corrected chi connectivity index (χ2v) is 3.34. The summed E-state index contributed by atoms with van der Waals surface area (Å²) >= 11 is 0. The number of esters is 2. The second kappa shape index (κ2) is 8.18. The number of hydrogen-bond donors (Lipinski definition) is 1. The van der Waals surface area contributed by atoms with Crippen molar-refractivity contribution in [3.8, 4) is 0 Å². The topological polar surface area (TPSA) is 81.7 Å². The number of halogens is 3. The minimum absolute atomic E-state index is 0.00307. The largest absolute Gasteiger partial charge is 0.466 e. The van der Waals surface area contributed by atoms with Gasteiger partial charge in [0.2, 0.25) is 5.91 Å². The Morgan fingerprint density at radius 3 is 2.10 bits per heavy atom. The lowest BCUT2D eigenvalue weighted by Gasteiger charge is -2.12. The molecule has 0 spiro atoms. The summed E-state index contributed by atoms with van der Waals surface area (Å²) in [5, 5.41) is 1.43. The average Bonchev–Trinajstić information content (AvgIpc) is 2.27. The number of alkyl halides is 3. The number of amides is 1. The summed E-state index contributed by atoms with van der Waals surface area (Å²) in [7, 11) is 0. The van der Waals surface area contributed by atoms with E-state index in [1.807, 2.05) is 0 Å². The Morgan fingerprint density at radius 2 is 1.65 bits per heavy atom. The van der Waals surface area contributed by atoms with E-state index < -0.39 is 36.1 Å². The summed E-state index contributed by atoms with van der Waals surface area (Å²) in [5.74, 6) is -3.46. The number of rotatable bonds is 6. The summed E-state index contributed by atoms with van der Waals surface area (Å²) in [6.07, 6.45) is -5.74. The summed E-state index contributed by atoms with van der Waals surface area (Å²) in [5.41, 5.74) is -1.61. The van der Waals surface area contributed by atoms with Crippen molar-refractivity contribution in [3.05, 3.63) is 11.8 Å². The molecule has 0 unspecified atom stereocenters. The number of allylic oxidation sites excluding steroid dienone is 1. The molecule has 0 aliphatic rings. The van der Waals surface area contributed by atoms with Gasteiger partial charge in [0.25, 0.3) is 0 Å². The molecule has 0 rings (SSSR count). The Labute approximate surface area is 112 Å². The van der Waals surface area contributed by atoms with Gasteiger partial charge in [0, 0.05) is 0 Å². The normalized spacial score (nSPS) is 11.8. The van der Waals surface area contributed by atoms with Crippen LogP contribution in [0.25, 0.3) is 0 Å². The molecule has 6 nitrogen and oxygen atoms in total. The van der Waals surface area contributed by atoms with Crippen LogP contribution >= 0.6 is 0 Å². The van der Waals surface area contributed by atoms with Gasteiger partial charge in [-0.15, -0.1) is 0 Å². The van der Waals surface area contributed by atoms with E-state index in [0.717, 1.165) is 0 Å². The van der Waals surface area contributed by atoms with E-state index in [4.69, 9.17) is 0 Å². The number of ether oxygens (including phenoxy) is 2. The van der Waals surface area contributed by atoms with E-state index in [0.29, 0.717) is 0 Å². The van der Waals surface area contributed by atoms with Gasteiger partial charge in [0.05, 0.1) is 19.3 Å². The monoisotopic (exact) mass is 297 g/mol. The third-order valence-electron chi connectivity index (χ3n) is 1.74. The van der Waals surface area contributed by atoms with Gasteiger partial charge < -0.3 is 14.8 Å². The van der Waals surface area contributed by atoms with Crippen molar-refractivity contribution in [1.29, 1.82) is 0 Å². The molecule has 0 aromatic carbocycles. The lowest BCUT2D eigenvalue weighted by Crippen LogP contribution is -2.33. The first-order chi connectivity index (χ1) is 9.20. The average molecular weight is 297 g/mol. The van der Waals surface area contributed by atoms with Crippen molar-refractivity contribution in [2.24, 2.45) is 0 Å². The zero-order valence-corrected chi connectivity index (χ0v) is 10.9. The Morgan fingerprint density at radius 1 is 1.10 bits per heavy atom. The predicted octanol–water partition coefficient (Wildman–Crippen LogP) is 1.07. The Kier molecular flexibility index (Phi) is 7.34. The highest BCUT2D eigenvalue weighted by Crippen LogP contribution is 2.23. The van der Waals surface area contributed by atoms with Crippen LogP contribution in [0.1, 0.15) is 20.3 Å². The molecular weight excluding hydrogens is 283 g/mol. The van der Waals surface area contributed by atoms with Gasteiger partial charge in [0.15, 0.2) is 0 Å². The number of carbonyl (C=O) groups excluding carboxylic acids is 3. The second-order valence-electron chi connectivity index (χ2n) is 3.34. The Hall–Kier alpha value is -2.06. The molecule has 20 heavy (non-hydrogen) atoms. The van der Waals surface area contributed by atoms with Crippen molar-refractivity contribution in [2.45, 2.75) is 26.4 Å². The van der Waals surface area contributed by atoms with Crippen molar-refractivity contribution < 1.29 is 37.0 Å². The maximum Gasteiger partial charge on any atom is 0.431 e. The maximum atomic E-state index is 12.6. The zero-order chi connectivity index (χ0) is 15.8. The molecule has 0 radical (unpaired) electrons. The molecule has 0 aromatic rings. The zero-order valence-electron chi connectivity index (χ0n) is 10.9. The summed E-state index contributed by atoms with van der Waals surface area (Å²) < 4.78 is 46.4. The molecule has 9 heteroatoms. The molecule has 0 atom stereocenters. The molecule has 114 valence electrons. The smallest absolute Gasteiger partial charge is 0.431 e. The molecule has 1 amide bonds. The lowest BCUT2D eigenvalue weighted by molar-refractivity contribution is -0.146. The van der Waals surface area contributed by atoms with Gasteiger partial charge in [-0.25, -0.2) is 4.79 Å². The van der Waals surface area contributed by atoms with Crippen molar-refractivity contribution >= 4 is 17.8 Å². The quantitative estimate of drug-likeness (QED) is 0.450. The molecule has 0 aliphatic carbocycles. The summed E-state index contributed by atoms with van der Waals surface area (Å²) in [4.78, 5) is 33.1. The van der Waals surface area contributed by atoms with Crippen LogP contribution in [-0.4, -0.2) is 37.2 Å². The molecule has 0 saturated carbocycles. The van der Waals surface area contributed by atoms with Crippen LogP contribution < -0.4 is 5.32 Å². The molecule has 0 fully saturated rings. The minimum Gasteiger partial charge on any atom is -0.466 e. The molecule has 0 saturated heterocycles. The predicted molar refractivity (Wildman–Crippen MR) is 60.2 cm³/mol. The molecule has 0 bridgehead atoms. The van der Waals surface area contributed by atoms with Gasteiger partial charge in [-0.05, 0) is 13.8 Å². The van der Waals surface area contributed by atoms with E-state index in [-0.39, 0.29) is 19.3 Å². The number of carbonyl (C=O) groups is 3. The number of hydrogen-bond acceptors (Lipinski definition) is 5. The van der Waals surface area contributed by atoms with Crippen LogP contribution in [0.2, 0.25) is 0 Å². The lowest BCUT2D eigenvalue weighted by atomic mass is 10.3. The van der Waals surface area contributed by atoms with Crippen molar-refractivity contribution in [1.82, 2.24) is 5.32 Å². The van der Waals surface area contributed by atoms with Crippen molar-refractivity contribution in [2.75, 3.05) is 13.2 Å². The van der Waals surface area contributed by atoms with Crippen LogP contribution in [0, 0.1) is 0 Å². The van der Waals surface area contributed by atoms with Crippen molar-refractivity contribution in [3.63, 3.8) is 0 Å². The van der Waals surface area contributed by atoms with Gasteiger partial charge in [-0.1, -0.05) is 0 Å². The fourth-order valence-corrected chi connectivity index (χ4v) is 1.03. The highest BCUT2D eigenvalue weighted by atomic mass is 19.4. The maximum absolute atomic E-state index is 12.6. The standard InChI is InChI=1S/C11H14F3NO5/c1-3-19-9(17)5-7(11(12,13)14)15-8(16)6-10(18)20-4-2/h5H,3-4,6H2,1-2H3,(H,15,16). The van der Waals surface area contributed by atoms with Crippen LogP contribution in [0.5, 0.6) is 0 Å². The van der Waals surface area contributed by atoms with Crippen LogP contribution in [0.15, 0.2) is 11.8 Å². The summed E-state index contributed by atoms with van der Waals surface area (Å²) in [6, 6.07) is 0. The van der Waals surface area contributed by atoms with E-state index >= 15 is 0 Å². The molecule has 0 heterocycles. The van der Waals surface area contributed by atoms with Gasteiger partial charge >= 0.3 is 18.1 Å². The van der Waals surface area contributed by atoms with Gasteiger partial charge in [-0.2, -0.15) is 13.2 Å². The summed E-state index contributed by atoms with van der Waals surface area (Å²) in [6.45, 7) is 2.78. The fourth-order valence-electron chi connectivity index (χ4n) is 1.03. The molecule has 1 N–H and O–H groups in total. The molecule has 0 aromatic heterocycles. The Balaban J connectivity index is 4.80. The first-order valence-corrected chi connectivity index (χ1v) is 5.61. The van der Waals surface area contributed by atoms with Crippen LogP contribution in [0.3, 0.4) is 0 Å². The van der Waals surface area contributed by atoms with Crippen LogP contribution in [-0.2, 0) is 23.9 Å². The van der Waals surface area contributed by atoms with E-state index in [2.05, 4.69) is 9.47 Å². The van der Waals surface area contributed by atoms with E-state index in [9.17, 15) is 27.6 Å². The third kappa shape index (κ3) is 7.39. The van der Waals surface area contributed by atoms with Gasteiger partial charge in [0.1, 0.15) is 12.1 Å². The van der Waals surface area contributed by atoms with Gasteiger partial charge in [-0.3, -0.25) is 9.59 Å². The molecule has 0 aliphatic heterocycles.